The molecule has 0 saturated heterocycles. The van der Waals surface area contributed by atoms with Crippen LogP contribution in [-0.4, -0.2) is 15.9 Å². The average molecular weight is 230 g/mol. The molecule has 86 valence electrons. The molecule has 2 heterocycles. The molecule has 0 aliphatic rings. The van der Waals surface area contributed by atoms with E-state index in [2.05, 4.69) is 15.3 Å². The minimum Gasteiger partial charge on any atom is -0.397 e. The number of rotatable bonds is 2. The summed E-state index contributed by atoms with van der Waals surface area (Å²) < 4.78 is 0. The number of hydrogen-bond donors (Lipinski definition) is 3. The molecule has 0 radical (unpaired) electrons. The summed E-state index contributed by atoms with van der Waals surface area (Å²) in [7, 11) is 0. The van der Waals surface area contributed by atoms with E-state index in [0.29, 0.717) is 11.5 Å². The molecule has 0 aliphatic carbocycles. The second-order valence-electron chi connectivity index (χ2n) is 3.37. The van der Waals surface area contributed by atoms with E-state index in [1.807, 2.05) is 0 Å². The Kier molecular flexibility index (Phi) is 2.87. The van der Waals surface area contributed by atoms with Crippen molar-refractivity contribution in [2.75, 3.05) is 11.1 Å². The van der Waals surface area contributed by atoms with Crippen molar-refractivity contribution >= 4 is 17.4 Å². The normalized spacial score (nSPS) is 9.88. The van der Waals surface area contributed by atoms with E-state index in [9.17, 15) is 9.59 Å². The van der Waals surface area contributed by atoms with Crippen molar-refractivity contribution in [2.45, 2.75) is 0 Å². The molecule has 0 saturated carbocycles. The number of nitrogen functional groups attached to an aromatic ring is 1. The van der Waals surface area contributed by atoms with Crippen LogP contribution in [0.2, 0.25) is 0 Å². The van der Waals surface area contributed by atoms with Crippen molar-refractivity contribution in [1.82, 2.24) is 9.97 Å². The van der Waals surface area contributed by atoms with Crippen LogP contribution in [0.3, 0.4) is 0 Å². The summed E-state index contributed by atoms with van der Waals surface area (Å²) in [5.41, 5.74) is 5.92. The van der Waals surface area contributed by atoms with E-state index in [4.69, 9.17) is 5.73 Å². The lowest BCUT2D eigenvalue weighted by Crippen LogP contribution is -2.16. The number of amides is 1. The molecule has 0 aliphatic heterocycles. The Morgan fingerprint density at radius 3 is 2.82 bits per heavy atom. The van der Waals surface area contributed by atoms with Crippen LogP contribution in [0, 0.1) is 0 Å². The Balaban J connectivity index is 2.17. The van der Waals surface area contributed by atoms with Crippen LogP contribution in [0.25, 0.3) is 0 Å². The summed E-state index contributed by atoms with van der Waals surface area (Å²) in [6.45, 7) is 0. The molecular weight excluding hydrogens is 220 g/mol. The van der Waals surface area contributed by atoms with Crippen LogP contribution in [0.15, 0.2) is 41.5 Å². The quantitative estimate of drug-likeness (QED) is 0.703. The highest BCUT2D eigenvalue weighted by Gasteiger charge is 2.06. The minimum atomic E-state index is -0.395. The van der Waals surface area contributed by atoms with Gasteiger partial charge in [-0.15, -0.1) is 0 Å². The lowest BCUT2D eigenvalue weighted by Gasteiger charge is -2.03. The molecule has 0 bridgehead atoms. The van der Waals surface area contributed by atoms with Gasteiger partial charge in [0.15, 0.2) is 0 Å². The molecule has 4 N–H and O–H groups in total. The molecule has 0 atom stereocenters. The smallest absolute Gasteiger partial charge is 0.257 e. The number of pyridine rings is 2. The SMILES string of the molecule is Nc1ccc(NC(=O)c2cc[nH]c(=O)c2)nc1. The number of anilines is 2. The van der Waals surface area contributed by atoms with Crippen LogP contribution in [0.1, 0.15) is 10.4 Å². The summed E-state index contributed by atoms with van der Waals surface area (Å²) in [5, 5.41) is 2.55. The molecule has 2 aromatic rings. The Morgan fingerprint density at radius 2 is 2.18 bits per heavy atom. The van der Waals surface area contributed by atoms with Crippen molar-refractivity contribution in [3.05, 3.63) is 52.6 Å². The minimum absolute atomic E-state index is 0.271. The number of nitrogens with one attached hydrogen (secondary N) is 2. The molecule has 0 aromatic carbocycles. The highest BCUT2D eigenvalue weighted by molar-refractivity contribution is 6.03. The average Bonchev–Trinajstić information content (AvgIpc) is 2.32. The van der Waals surface area contributed by atoms with Crippen molar-refractivity contribution in [1.29, 1.82) is 0 Å². The fourth-order valence-corrected chi connectivity index (χ4v) is 1.25. The first-order valence-electron chi connectivity index (χ1n) is 4.87. The van der Waals surface area contributed by atoms with Gasteiger partial charge in [-0.25, -0.2) is 4.98 Å². The molecule has 0 fully saturated rings. The van der Waals surface area contributed by atoms with Gasteiger partial charge >= 0.3 is 0 Å². The van der Waals surface area contributed by atoms with E-state index in [-0.39, 0.29) is 11.1 Å². The highest BCUT2D eigenvalue weighted by Crippen LogP contribution is 2.07. The Labute approximate surface area is 96.5 Å². The molecule has 1 amide bonds. The number of carbonyl (C=O) groups excluding carboxylic acids is 1. The second kappa shape index (κ2) is 4.48. The van der Waals surface area contributed by atoms with Crippen LogP contribution < -0.4 is 16.6 Å². The summed E-state index contributed by atoms with van der Waals surface area (Å²) in [6, 6.07) is 5.93. The fourth-order valence-electron chi connectivity index (χ4n) is 1.25. The fraction of sp³-hybridized carbons (Fsp3) is 0. The second-order valence-corrected chi connectivity index (χ2v) is 3.37. The van der Waals surface area contributed by atoms with Gasteiger partial charge in [0.25, 0.3) is 5.91 Å². The molecule has 17 heavy (non-hydrogen) atoms. The van der Waals surface area contributed by atoms with E-state index in [0.717, 1.165) is 0 Å². The molecule has 0 unspecified atom stereocenters. The number of aromatic amines is 1. The van der Waals surface area contributed by atoms with Crippen LogP contribution in [0.4, 0.5) is 11.5 Å². The first-order valence-corrected chi connectivity index (χ1v) is 4.87. The van der Waals surface area contributed by atoms with Gasteiger partial charge in [-0.05, 0) is 18.2 Å². The molecule has 2 aromatic heterocycles. The third kappa shape index (κ3) is 2.69. The first kappa shape index (κ1) is 10.9. The highest BCUT2D eigenvalue weighted by atomic mass is 16.2. The van der Waals surface area contributed by atoms with Crippen molar-refractivity contribution in [3.8, 4) is 0 Å². The number of aromatic nitrogens is 2. The monoisotopic (exact) mass is 230 g/mol. The van der Waals surface area contributed by atoms with Crippen molar-refractivity contribution < 1.29 is 4.79 Å². The predicted octanol–water partition coefficient (Wildman–Crippen LogP) is 0.604. The van der Waals surface area contributed by atoms with Crippen molar-refractivity contribution in [3.63, 3.8) is 0 Å². The van der Waals surface area contributed by atoms with Crippen LogP contribution in [0.5, 0.6) is 0 Å². The zero-order valence-corrected chi connectivity index (χ0v) is 8.81. The van der Waals surface area contributed by atoms with E-state index in [1.54, 1.807) is 12.1 Å². The zero-order valence-electron chi connectivity index (χ0n) is 8.81. The number of hydrogen-bond acceptors (Lipinski definition) is 4. The Morgan fingerprint density at radius 1 is 1.35 bits per heavy atom. The maximum absolute atomic E-state index is 11.7. The molecular formula is C11H10N4O2. The zero-order chi connectivity index (χ0) is 12.3. The number of nitrogens with two attached hydrogens (primary N) is 1. The van der Waals surface area contributed by atoms with Gasteiger partial charge in [0.05, 0.1) is 11.9 Å². The Bertz CT molecular complexity index is 589. The number of carbonyl (C=O) groups is 1. The van der Waals surface area contributed by atoms with Gasteiger partial charge in [-0.2, -0.15) is 0 Å². The summed E-state index contributed by atoms with van der Waals surface area (Å²) >= 11 is 0. The number of H-pyrrole nitrogens is 1. The lowest BCUT2D eigenvalue weighted by atomic mass is 10.2. The molecule has 2 rings (SSSR count). The number of nitrogens with zero attached hydrogens (tertiary/aromatic N) is 1. The van der Waals surface area contributed by atoms with Gasteiger partial charge < -0.3 is 16.0 Å². The van der Waals surface area contributed by atoms with E-state index < -0.39 is 5.91 Å². The topological polar surface area (TPSA) is 101 Å². The van der Waals surface area contributed by atoms with Gasteiger partial charge in [-0.1, -0.05) is 0 Å². The standard InChI is InChI=1S/C11H10N4O2/c12-8-1-2-9(14-6-8)15-11(17)7-3-4-13-10(16)5-7/h1-6H,12H2,(H,13,16)(H,14,15,17). The third-order valence-corrected chi connectivity index (χ3v) is 2.07. The van der Waals surface area contributed by atoms with Gasteiger partial charge in [0.2, 0.25) is 5.56 Å². The third-order valence-electron chi connectivity index (χ3n) is 2.07. The van der Waals surface area contributed by atoms with E-state index in [1.165, 1.54) is 24.5 Å². The predicted molar refractivity (Wildman–Crippen MR) is 63.7 cm³/mol. The van der Waals surface area contributed by atoms with Gasteiger partial charge in [0.1, 0.15) is 5.82 Å². The molecule has 6 nitrogen and oxygen atoms in total. The molecule has 6 heteroatoms. The van der Waals surface area contributed by atoms with Gasteiger partial charge in [0, 0.05) is 17.8 Å². The largest absolute Gasteiger partial charge is 0.397 e. The van der Waals surface area contributed by atoms with Crippen LogP contribution in [-0.2, 0) is 0 Å². The maximum Gasteiger partial charge on any atom is 0.257 e. The molecule has 0 spiro atoms. The summed E-state index contributed by atoms with van der Waals surface area (Å²) in [6.07, 6.45) is 2.85. The van der Waals surface area contributed by atoms with Gasteiger partial charge in [-0.3, -0.25) is 9.59 Å². The van der Waals surface area contributed by atoms with Crippen LogP contribution >= 0.6 is 0 Å². The van der Waals surface area contributed by atoms with E-state index >= 15 is 0 Å². The maximum atomic E-state index is 11.7. The first-order chi connectivity index (χ1) is 8.15. The van der Waals surface area contributed by atoms with Crippen molar-refractivity contribution in [2.24, 2.45) is 0 Å². The summed E-state index contributed by atoms with van der Waals surface area (Å²) in [4.78, 5) is 29.1. The summed E-state index contributed by atoms with van der Waals surface area (Å²) in [5.74, 6) is -0.0159. The Hall–Kier alpha value is -2.63. The lowest BCUT2D eigenvalue weighted by molar-refractivity contribution is 0.102.